The summed E-state index contributed by atoms with van der Waals surface area (Å²) in [5.74, 6) is -1.27. The molecule has 1 heterocycles. The van der Waals surface area contributed by atoms with Crippen molar-refractivity contribution in [3.05, 3.63) is 35.6 Å². The largest absolute Gasteiger partial charge is 0.379 e. The molecule has 0 bridgehead atoms. The summed E-state index contributed by atoms with van der Waals surface area (Å²) in [6.07, 6.45) is 3.03. The minimum Gasteiger partial charge on any atom is -0.379 e. The van der Waals surface area contributed by atoms with Gasteiger partial charge in [0.15, 0.2) is 0 Å². The van der Waals surface area contributed by atoms with Gasteiger partial charge in [0.25, 0.3) is 5.91 Å². The quantitative estimate of drug-likeness (QED) is 0.665. The molecule has 1 aromatic carbocycles. The summed E-state index contributed by atoms with van der Waals surface area (Å²) in [6, 6.07) is 5.31. The van der Waals surface area contributed by atoms with Crippen LogP contribution in [0.3, 0.4) is 0 Å². The zero-order valence-corrected chi connectivity index (χ0v) is 13.6. The molecule has 1 aliphatic heterocycles. The van der Waals surface area contributed by atoms with E-state index in [1.165, 1.54) is 18.2 Å². The first-order chi connectivity index (χ1) is 11.6. The number of nitrogens with one attached hydrogen (secondary N) is 2. The summed E-state index contributed by atoms with van der Waals surface area (Å²) < 4.78 is 23.9. The fourth-order valence-corrected chi connectivity index (χ4v) is 2.35. The van der Waals surface area contributed by atoms with Gasteiger partial charge in [-0.2, -0.15) is 0 Å². The predicted octanol–water partition coefficient (Wildman–Crippen LogP) is 1.26. The second-order valence-corrected chi connectivity index (χ2v) is 5.61. The van der Waals surface area contributed by atoms with E-state index >= 15 is 0 Å². The Hall–Kier alpha value is -1.99. The summed E-state index contributed by atoms with van der Waals surface area (Å²) in [6.45, 7) is 2.28. The molecule has 7 heteroatoms. The van der Waals surface area contributed by atoms with E-state index in [0.717, 1.165) is 25.5 Å². The molecule has 0 aliphatic carbocycles. The van der Waals surface area contributed by atoms with E-state index in [1.807, 2.05) is 0 Å². The molecule has 2 rings (SSSR count). The van der Waals surface area contributed by atoms with E-state index < -0.39 is 11.7 Å². The second-order valence-electron chi connectivity index (χ2n) is 5.61. The van der Waals surface area contributed by atoms with E-state index in [9.17, 15) is 14.0 Å². The fourth-order valence-electron chi connectivity index (χ4n) is 2.35. The van der Waals surface area contributed by atoms with Crippen LogP contribution in [-0.2, 0) is 14.3 Å². The van der Waals surface area contributed by atoms with E-state index in [2.05, 4.69) is 10.6 Å². The summed E-state index contributed by atoms with van der Waals surface area (Å²) in [7, 11) is 0. The van der Waals surface area contributed by atoms with Crippen LogP contribution in [0.4, 0.5) is 4.39 Å². The van der Waals surface area contributed by atoms with Crippen molar-refractivity contribution in [1.29, 1.82) is 0 Å². The lowest BCUT2D eigenvalue weighted by Gasteiger charge is -2.10. The molecule has 0 radical (unpaired) electrons. The normalized spacial score (nSPS) is 16.8. The molecule has 1 saturated heterocycles. The number of hydrogen-bond donors (Lipinski definition) is 2. The van der Waals surface area contributed by atoms with Crippen LogP contribution in [0, 0.1) is 5.82 Å². The van der Waals surface area contributed by atoms with Gasteiger partial charge < -0.3 is 20.1 Å². The lowest BCUT2D eigenvalue weighted by Crippen LogP contribution is -2.37. The third kappa shape index (κ3) is 6.64. The monoisotopic (exact) mass is 338 g/mol. The van der Waals surface area contributed by atoms with Crippen LogP contribution in [0.25, 0.3) is 0 Å². The van der Waals surface area contributed by atoms with Crippen molar-refractivity contribution in [1.82, 2.24) is 10.6 Å². The van der Waals surface area contributed by atoms with Crippen molar-refractivity contribution in [2.45, 2.75) is 25.4 Å². The first-order valence-electron chi connectivity index (χ1n) is 8.15. The number of carbonyl (C=O) groups excluding carboxylic acids is 2. The molecule has 6 nitrogen and oxygen atoms in total. The Labute approximate surface area is 140 Å². The van der Waals surface area contributed by atoms with E-state index in [1.54, 1.807) is 0 Å². The highest BCUT2D eigenvalue weighted by Crippen LogP contribution is 2.11. The maximum atomic E-state index is 13.0. The van der Waals surface area contributed by atoms with Gasteiger partial charge in [0.05, 0.1) is 19.3 Å². The third-order valence-electron chi connectivity index (χ3n) is 3.61. The molecule has 132 valence electrons. The zero-order valence-electron chi connectivity index (χ0n) is 13.6. The van der Waals surface area contributed by atoms with E-state index in [0.29, 0.717) is 26.2 Å². The molecule has 1 aliphatic rings. The van der Waals surface area contributed by atoms with Crippen LogP contribution in [0.5, 0.6) is 0 Å². The minimum atomic E-state index is -0.491. The smallest absolute Gasteiger partial charge is 0.251 e. The number of ether oxygens (including phenoxy) is 2. The molecule has 24 heavy (non-hydrogen) atoms. The van der Waals surface area contributed by atoms with E-state index in [-0.39, 0.29) is 24.1 Å². The Kier molecular flexibility index (Phi) is 7.64. The summed E-state index contributed by atoms with van der Waals surface area (Å²) in [5.41, 5.74) is 0.185. The molecule has 1 unspecified atom stereocenters. The Morgan fingerprint density at radius 1 is 1.33 bits per heavy atom. The van der Waals surface area contributed by atoms with Crippen LogP contribution in [0.1, 0.15) is 29.6 Å². The Morgan fingerprint density at radius 2 is 2.21 bits per heavy atom. The molecule has 0 aromatic heterocycles. The first kappa shape index (κ1) is 18.4. The maximum Gasteiger partial charge on any atom is 0.251 e. The van der Waals surface area contributed by atoms with Gasteiger partial charge in [-0.15, -0.1) is 0 Å². The van der Waals surface area contributed by atoms with Gasteiger partial charge in [0.2, 0.25) is 5.91 Å². The lowest BCUT2D eigenvalue weighted by molar-refractivity contribution is -0.120. The van der Waals surface area contributed by atoms with Gasteiger partial charge in [-0.3, -0.25) is 9.59 Å². The van der Waals surface area contributed by atoms with Gasteiger partial charge in [0, 0.05) is 25.3 Å². The summed E-state index contributed by atoms with van der Waals surface area (Å²) >= 11 is 0. The SMILES string of the molecule is O=C(CNC(=O)c1cccc(F)c1)NCCCOCC1CCCO1. The van der Waals surface area contributed by atoms with Crippen LogP contribution >= 0.6 is 0 Å². The molecule has 2 N–H and O–H groups in total. The van der Waals surface area contributed by atoms with Gasteiger partial charge in [-0.1, -0.05) is 6.07 Å². The average molecular weight is 338 g/mol. The zero-order chi connectivity index (χ0) is 17.2. The van der Waals surface area contributed by atoms with Gasteiger partial charge in [0.1, 0.15) is 5.82 Å². The van der Waals surface area contributed by atoms with Crippen molar-refractivity contribution in [2.75, 3.05) is 32.9 Å². The molecule has 0 spiro atoms. The average Bonchev–Trinajstić information content (AvgIpc) is 3.09. The van der Waals surface area contributed by atoms with Crippen molar-refractivity contribution in [3.8, 4) is 0 Å². The van der Waals surface area contributed by atoms with Crippen molar-refractivity contribution in [3.63, 3.8) is 0 Å². The molecule has 1 atom stereocenters. The van der Waals surface area contributed by atoms with Crippen molar-refractivity contribution < 1.29 is 23.5 Å². The van der Waals surface area contributed by atoms with Crippen LogP contribution in [-0.4, -0.2) is 50.8 Å². The molecule has 1 aromatic rings. The molecule has 1 fully saturated rings. The van der Waals surface area contributed by atoms with E-state index in [4.69, 9.17) is 9.47 Å². The number of amides is 2. The second kappa shape index (κ2) is 10.00. The Bertz CT molecular complexity index is 547. The van der Waals surface area contributed by atoms with Crippen LogP contribution < -0.4 is 10.6 Å². The fraction of sp³-hybridized carbons (Fsp3) is 0.529. The highest BCUT2D eigenvalue weighted by molar-refractivity contribution is 5.96. The van der Waals surface area contributed by atoms with Gasteiger partial charge in [-0.25, -0.2) is 4.39 Å². The highest BCUT2D eigenvalue weighted by atomic mass is 19.1. The molecular weight excluding hydrogens is 315 g/mol. The number of rotatable bonds is 9. The first-order valence-corrected chi connectivity index (χ1v) is 8.15. The summed E-state index contributed by atoms with van der Waals surface area (Å²) in [5, 5.41) is 5.14. The summed E-state index contributed by atoms with van der Waals surface area (Å²) in [4.78, 5) is 23.4. The van der Waals surface area contributed by atoms with Crippen molar-refractivity contribution >= 4 is 11.8 Å². The lowest BCUT2D eigenvalue weighted by atomic mass is 10.2. The minimum absolute atomic E-state index is 0.147. The van der Waals surface area contributed by atoms with Gasteiger partial charge >= 0.3 is 0 Å². The van der Waals surface area contributed by atoms with Crippen molar-refractivity contribution in [2.24, 2.45) is 0 Å². The Morgan fingerprint density at radius 3 is 2.96 bits per heavy atom. The Balaban J connectivity index is 1.51. The standard InChI is InChI=1S/C17H23FN2O4/c18-14-5-1-4-13(10-14)17(22)20-11-16(21)19-7-3-8-23-12-15-6-2-9-24-15/h1,4-5,10,15H,2-3,6-9,11-12H2,(H,19,21)(H,20,22). The number of halogens is 1. The molecule has 2 amide bonds. The molecule has 0 saturated carbocycles. The molecular formula is C17H23FN2O4. The topological polar surface area (TPSA) is 76.7 Å². The third-order valence-corrected chi connectivity index (χ3v) is 3.61. The van der Waals surface area contributed by atoms with Crippen LogP contribution in [0.15, 0.2) is 24.3 Å². The van der Waals surface area contributed by atoms with Gasteiger partial charge in [-0.05, 0) is 37.5 Å². The highest BCUT2D eigenvalue weighted by Gasteiger charge is 2.15. The number of hydrogen-bond acceptors (Lipinski definition) is 4. The number of carbonyl (C=O) groups is 2. The maximum absolute atomic E-state index is 13.0. The predicted molar refractivity (Wildman–Crippen MR) is 86.2 cm³/mol. The van der Waals surface area contributed by atoms with Crippen LogP contribution in [0.2, 0.25) is 0 Å². The number of benzene rings is 1.